The van der Waals surface area contributed by atoms with E-state index < -0.39 is 17.4 Å². The first-order valence-corrected chi connectivity index (χ1v) is 4.99. The summed E-state index contributed by atoms with van der Waals surface area (Å²) in [6, 6.07) is 2.54. The van der Waals surface area contributed by atoms with Crippen LogP contribution in [0.5, 0.6) is 0 Å². The normalized spacial score (nSPS) is 11.3. The van der Waals surface area contributed by atoms with Gasteiger partial charge >= 0.3 is 5.97 Å². The molecule has 0 aliphatic carbocycles. The second-order valence-corrected chi connectivity index (χ2v) is 4.69. The van der Waals surface area contributed by atoms with E-state index in [-0.39, 0.29) is 11.3 Å². The molecule has 0 saturated carbocycles. The summed E-state index contributed by atoms with van der Waals surface area (Å²) in [5.74, 6) is -1.14. The largest absolute Gasteiger partial charge is 0.456 e. The molecule has 4 heteroatoms. The number of carbonyl (C=O) groups excluding carboxylic acids is 1. The fraction of sp³-hybridized carbons (Fsp3) is 0.417. The van der Waals surface area contributed by atoms with E-state index >= 15 is 0 Å². The minimum absolute atomic E-state index is 0.0322. The summed E-state index contributed by atoms with van der Waals surface area (Å²) in [5.41, 5.74) is 5.64. The van der Waals surface area contributed by atoms with Crippen molar-refractivity contribution in [1.82, 2.24) is 0 Å². The number of aryl methyl sites for hydroxylation is 1. The third-order valence-electron chi connectivity index (χ3n) is 1.96. The van der Waals surface area contributed by atoms with Crippen molar-refractivity contribution < 1.29 is 13.9 Å². The van der Waals surface area contributed by atoms with E-state index in [1.54, 1.807) is 27.7 Å². The molecule has 0 atom stereocenters. The van der Waals surface area contributed by atoms with Gasteiger partial charge in [-0.25, -0.2) is 9.18 Å². The Morgan fingerprint density at radius 2 is 1.94 bits per heavy atom. The number of halogens is 1. The van der Waals surface area contributed by atoms with Gasteiger partial charge in [-0.15, -0.1) is 0 Å². The second kappa shape index (κ2) is 4.12. The standard InChI is InChI=1S/C12H16FNO2/c1-7-5-10(14)9(13)6-8(7)11(15)16-12(2,3)4/h5-6H,14H2,1-4H3. The number of carbonyl (C=O) groups is 1. The molecule has 0 unspecified atom stereocenters. The van der Waals surface area contributed by atoms with Crippen molar-refractivity contribution in [3.63, 3.8) is 0 Å². The van der Waals surface area contributed by atoms with Crippen LogP contribution in [0.4, 0.5) is 10.1 Å². The van der Waals surface area contributed by atoms with Crippen molar-refractivity contribution >= 4 is 11.7 Å². The minimum atomic E-state index is -0.605. The number of benzene rings is 1. The molecular weight excluding hydrogens is 209 g/mol. The van der Waals surface area contributed by atoms with Crippen LogP contribution >= 0.6 is 0 Å². The van der Waals surface area contributed by atoms with Gasteiger partial charge in [0.05, 0.1) is 11.3 Å². The highest BCUT2D eigenvalue weighted by Crippen LogP contribution is 2.20. The zero-order valence-electron chi connectivity index (χ0n) is 9.93. The lowest BCUT2D eigenvalue weighted by Gasteiger charge is -2.20. The molecule has 0 aromatic heterocycles. The molecule has 0 aliphatic heterocycles. The number of rotatable bonds is 1. The lowest BCUT2D eigenvalue weighted by molar-refractivity contribution is 0.00683. The Morgan fingerprint density at radius 1 is 1.38 bits per heavy atom. The average molecular weight is 225 g/mol. The average Bonchev–Trinajstić information content (AvgIpc) is 2.08. The Kier molecular flexibility index (Phi) is 3.21. The highest BCUT2D eigenvalue weighted by Gasteiger charge is 2.20. The van der Waals surface area contributed by atoms with Crippen LogP contribution in [-0.4, -0.2) is 11.6 Å². The summed E-state index contributed by atoms with van der Waals surface area (Å²) >= 11 is 0. The van der Waals surface area contributed by atoms with E-state index in [1.807, 2.05) is 0 Å². The molecule has 0 aliphatic rings. The van der Waals surface area contributed by atoms with Gasteiger partial charge in [0.1, 0.15) is 11.4 Å². The van der Waals surface area contributed by atoms with Crippen LogP contribution < -0.4 is 5.73 Å². The van der Waals surface area contributed by atoms with Gasteiger partial charge in [0, 0.05) is 0 Å². The third kappa shape index (κ3) is 2.95. The molecule has 88 valence electrons. The zero-order chi connectivity index (χ0) is 12.5. The minimum Gasteiger partial charge on any atom is -0.456 e. The lowest BCUT2D eigenvalue weighted by Crippen LogP contribution is -2.24. The van der Waals surface area contributed by atoms with Crippen LogP contribution in [0.3, 0.4) is 0 Å². The fourth-order valence-electron chi connectivity index (χ4n) is 1.26. The molecular formula is C12H16FNO2. The topological polar surface area (TPSA) is 52.3 Å². The molecule has 0 heterocycles. The van der Waals surface area contributed by atoms with Gasteiger partial charge < -0.3 is 10.5 Å². The van der Waals surface area contributed by atoms with Crippen molar-refractivity contribution in [1.29, 1.82) is 0 Å². The number of anilines is 1. The number of esters is 1. The van der Waals surface area contributed by atoms with Crippen molar-refractivity contribution in [2.24, 2.45) is 0 Å². The smallest absolute Gasteiger partial charge is 0.339 e. The molecule has 1 rings (SSSR count). The van der Waals surface area contributed by atoms with Gasteiger partial charge in [-0.1, -0.05) is 0 Å². The molecule has 0 radical (unpaired) electrons. The number of nitrogens with two attached hydrogens (primary N) is 1. The van der Waals surface area contributed by atoms with Gasteiger partial charge in [0.15, 0.2) is 0 Å². The van der Waals surface area contributed by atoms with Crippen molar-refractivity contribution in [3.05, 3.63) is 29.1 Å². The predicted octanol–water partition coefficient (Wildman–Crippen LogP) is 2.67. The summed E-state index contributed by atoms with van der Waals surface area (Å²) < 4.78 is 18.4. The van der Waals surface area contributed by atoms with E-state index in [0.717, 1.165) is 6.07 Å². The number of nitrogen functional groups attached to an aromatic ring is 1. The molecule has 0 bridgehead atoms. The zero-order valence-corrected chi connectivity index (χ0v) is 9.93. The van der Waals surface area contributed by atoms with Crippen LogP contribution in [0.2, 0.25) is 0 Å². The molecule has 16 heavy (non-hydrogen) atoms. The monoisotopic (exact) mass is 225 g/mol. The van der Waals surface area contributed by atoms with E-state index in [1.165, 1.54) is 6.07 Å². The maximum Gasteiger partial charge on any atom is 0.339 e. The Bertz CT molecular complexity index is 422. The highest BCUT2D eigenvalue weighted by atomic mass is 19.1. The van der Waals surface area contributed by atoms with Gasteiger partial charge in [0.25, 0.3) is 0 Å². The quantitative estimate of drug-likeness (QED) is 0.590. The van der Waals surface area contributed by atoms with E-state index in [4.69, 9.17) is 10.5 Å². The molecule has 0 amide bonds. The van der Waals surface area contributed by atoms with Crippen molar-refractivity contribution in [2.75, 3.05) is 5.73 Å². The first kappa shape index (κ1) is 12.5. The Labute approximate surface area is 94.4 Å². The maximum atomic E-state index is 13.2. The first-order valence-electron chi connectivity index (χ1n) is 4.99. The molecule has 1 aromatic carbocycles. The molecule has 0 saturated heterocycles. The molecule has 0 spiro atoms. The van der Waals surface area contributed by atoms with E-state index in [9.17, 15) is 9.18 Å². The Balaban J connectivity index is 3.05. The van der Waals surface area contributed by atoms with Crippen LogP contribution in [-0.2, 0) is 4.74 Å². The van der Waals surface area contributed by atoms with Crippen LogP contribution in [0.25, 0.3) is 0 Å². The lowest BCUT2D eigenvalue weighted by atomic mass is 10.1. The van der Waals surface area contributed by atoms with Crippen molar-refractivity contribution in [2.45, 2.75) is 33.3 Å². The summed E-state index contributed by atoms with van der Waals surface area (Å²) in [6.07, 6.45) is 0. The van der Waals surface area contributed by atoms with Crippen molar-refractivity contribution in [3.8, 4) is 0 Å². The van der Waals surface area contributed by atoms with Crippen LogP contribution in [0.1, 0.15) is 36.7 Å². The van der Waals surface area contributed by atoms with Gasteiger partial charge in [-0.3, -0.25) is 0 Å². The first-order chi connectivity index (χ1) is 7.20. The highest BCUT2D eigenvalue weighted by molar-refractivity contribution is 5.91. The number of hydrogen-bond acceptors (Lipinski definition) is 3. The Morgan fingerprint density at radius 3 is 2.44 bits per heavy atom. The van der Waals surface area contributed by atoms with E-state index in [0.29, 0.717) is 5.56 Å². The van der Waals surface area contributed by atoms with Gasteiger partial charge in [-0.2, -0.15) is 0 Å². The van der Waals surface area contributed by atoms with Crippen LogP contribution in [0, 0.1) is 12.7 Å². The van der Waals surface area contributed by atoms with Crippen LogP contribution in [0.15, 0.2) is 12.1 Å². The molecule has 1 aromatic rings. The summed E-state index contributed by atoms with van der Waals surface area (Å²) in [5, 5.41) is 0. The summed E-state index contributed by atoms with van der Waals surface area (Å²) in [4.78, 5) is 11.7. The Hall–Kier alpha value is -1.58. The second-order valence-electron chi connectivity index (χ2n) is 4.69. The third-order valence-corrected chi connectivity index (χ3v) is 1.96. The maximum absolute atomic E-state index is 13.2. The summed E-state index contributed by atoms with van der Waals surface area (Å²) in [6.45, 7) is 6.96. The SMILES string of the molecule is Cc1cc(N)c(F)cc1C(=O)OC(C)(C)C. The number of hydrogen-bond donors (Lipinski definition) is 1. The van der Waals surface area contributed by atoms with Gasteiger partial charge in [0.2, 0.25) is 0 Å². The van der Waals surface area contributed by atoms with E-state index in [2.05, 4.69) is 0 Å². The predicted molar refractivity (Wildman–Crippen MR) is 60.7 cm³/mol. The fourth-order valence-corrected chi connectivity index (χ4v) is 1.26. The molecule has 3 nitrogen and oxygen atoms in total. The molecule has 0 fully saturated rings. The summed E-state index contributed by atoms with van der Waals surface area (Å²) in [7, 11) is 0. The molecule has 2 N–H and O–H groups in total. The number of ether oxygens (including phenoxy) is 1. The van der Waals surface area contributed by atoms with Gasteiger partial charge in [-0.05, 0) is 45.4 Å².